The monoisotopic (exact) mass is 339 g/mol. The Morgan fingerprint density at radius 1 is 1.30 bits per heavy atom. The van der Waals surface area contributed by atoms with Crippen molar-refractivity contribution in [3.8, 4) is 0 Å². The molecule has 0 bridgehead atoms. The lowest BCUT2D eigenvalue weighted by atomic mass is 9.85. The van der Waals surface area contributed by atoms with Gasteiger partial charge in [0.2, 0.25) is 5.91 Å². The lowest BCUT2D eigenvalue weighted by Gasteiger charge is -2.29. The Hall–Kier alpha value is -1.82. The van der Waals surface area contributed by atoms with Gasteiger partial charge in [-0.2, -0.15) is 0 Å². The molecule has 0 unspecified atom stereocenters. The molecule has 1 aliphatic carbocycles. The van der Waals surface area contributed by atoms with Crippen LogP contribution in [0.4, 0.5) is 11.4 Å². The van der Waals surface area contributed by atoms with Gasteiger partial charge in [0.05, 0.1) is 4.92 Å². The maximum absolute atomic E-state index is 12.0. The number of carbonyl (C=O) groups is 1. The summed E-state index contributed by atoms with van der Waals surface area (Å²) in [5, 5.41) is 17.7. The third kappa shape index (κ3) is 4.82. The number of nitrogens with one attached hydrogen (secondary N) is 2. The standard InChI is InChI=1S/C16H22ClN3O3/c1-10(2)18-16(21)11-3-6-13(7-4-11)19-14-9-12(17)5-8-15(14)20(22)23/h5,8-11,13,19H,3-4,6-7H2,1-2H3,(H,18,21). The van der Waals surface area contributed by atoms with E-state index < -0.39 is 4.92 Å². The highest BCUT2D eigenvalue weighted by Gasteiger charge is 2.27. The molecule has 0 atom stereocenters. The number of hydrogen-bond donors (Lipinski definition) is 2. The van der Waals surface area contributed by atoms with Crippen molar-refractivity contribution in [1.29, 1.82) is 0 Å². The zero-order valence-electron chi connectivity index (χ0n) is 13.3. The molecule has 6 nitrogen and oxygen atoms in total. The second-order valence-electron chi connectivity index (χ2n) is 6.27. The number of anilines is 1. The maximum Gasteiger partial charge on any atom is 0.292 e. The Balaban J connectivity index is 1.96. The van der Waals surface area contributed by atoms with E-state index in [0.29, 0.717) is 10.7 Å². The number of rotatable bonds is 5. The van der Waals surface area contributed by atoms with Crippen LogP contribution >= 0.6 is 11.6 Å². The van der Waals surface area contributed by atoms with Gasteiger partial charge in [-0.1, -0.05) is 11.6 Å². The maximum atomic E-state index is 12.0. The zero-order chi connectivity index (χ0) is 17.0. The van der Waals surface area contributed by atoms with E-state index in [2.05, 4.69) is 10.6 Å². The van der Waals surface area contributed by atoms with Gasteiger partial charge < -0.3 is 10.6 Å². The van der Waals surface area contributed by atoms with Crippen molar-refractivity contribution in [2.24, 2.45) is 5.92 Å². The normalized spacial score (nSPS) is 21.0. The summed E-state index contributed by atoms with van der Waals surface area (Å²) in [5.74, 6) is 0.136. The molecule has 1 aromatic carbocycles. The van der Waals surface area contributed by atoms with Crippen LogP contribution in [0.2, 0.25) is 5.02 Å². The molecular weight excluding hydrogens is 318 g/mol. The first kappa shape index (κ1) is 17.5. The van der Waals surface area contributed by atoms with Crippen molar-refractivity contribution in [3.05, 3.63) is 33.3 Å². The predicted octanol–water partition coefficient (Wildman–Crippen LogP) is 3.74. The summed E-state index contributed by atoms with van der Waals surface area (Å²) >= 11 is 5.94. The second kappa shape index (κ2) is 7.64. The smallest absolute Gasteiger partial charge is 0.292 e. The fourth-order valence-electron chi connectivity index (χ4n) is 2.91. The van der Waals surface area contributed by atoms with Gasteiger partial charge in [-0.05, 0) is 51.7 Å². The summed E-state index contributed by atoms with van der Waals surface area (Å²) in [6, 6.07) is 4.77. The van der Waals surface area contributed by atoms with Crippen molar-refractivity contribution in [2.45, 2.75) is 51.6 Å². The van der Waals surface area contributed by atoms with Crippen LogP contribution in [0.1, 0.15) is 39.5 Å². The van der Waals surface area contributed by atoms with E-state index in [1.807, 2.05) is 13.8 Å². The molecule has 1 saturated carbocycles. The van der Waals surface area contributed by atoms with Crippen molar-refractivity contribution in [1.82, 2.24) is 5.32 Å². The van der Waals surface area contributed by atoms with Gasteiger partial charge >= 0.3 is 0 Å². The Morgan fingerprint density at radius 2 is 1.96 bits per heavy atom. The summed E-state index contributed by atoms with van der Waals surface area (Å²) in [6.45, 7) is 3.90. The SMILES string of the molecule is CC(C)NC(=O)C1CCC(Nc2cc(Cl)ccc2[N+](=O)[O-])CC1. The average Bonchev–Trinajstić information content (AvgIpc) is 2.47. The highest BCUT2D eigenvalue weighted by Crippen LogP contribution is 2.32. The molecule has 0 radical (unpaired) electrons. The predicted molar refractivity (Wildman–Crippen MR) is 90.8 cm³/mol. The van der Waals surface area contributed by atoms with Gasteiger partial charge in [-0.3, -0.25) is 14.9 Å². The number of benzene rings is 1. The van der Waals surface area contributed by atoms with Gasteiger partial charge in [0.1, 0.15) is 5.69 Å². The van der Waals surface area contributed by atoms with E-state index in [0.717, 1.165) is 25.7 Å². The van der Waals surface area contributed by atoms with Crippen molar-refractivity contribution < 1.29 is 9.72 Å². The van der Waals surface area contributed by atoms with E-state index >= 15 is 0 Å². The number of nitrogens with zero attached hydrogens (tertiary/aromatic N) is 1. The van der Waals surface area contributed by atoms with Crippen LogP contribution in [0.3, 0.4) is 0 Å². The fourth-order valence-corrected chi connectivity index (χ4v) is 3.08. The molecule has 0 spiro atoms. The molecule has 0 aliphatic heterocycles. The molecule has 1 fully saturated rings. The quantitative estimate of drug-likeness (QED) is 0.632. The Morgan fingerprint density at radius 3 is 2.52 bits per heavy atom. The van der Waals surface area contributed by atoms with E-state index in [1.165, 1.54) is 12.1 Å². The van der Waals surface area contributed by atoms with Gasteiger partial charge in [0, 0.05) is 29.1 Å². The van der Waals surface area contributed by atoms with E-state index in [-0.39, 0.29) is 29.6 Å². The molecule has 7 heteroatoms. The van der Waals surface area contributed by atoms with Gasteiger partial charge in [0.25, 0.3) is 5.69 Å². The fraction of sp³-hybridized carbons (Fsp3) is 0.562. The molecule has 126 valence electrons. The van der Waals surface area contributed by atoms with Gasteiger partial charge in [-0.15, -0.1) is 0 Å². The molecular formula is C16H22ClN3O3. The minimum Gasteiger partial charge on any atom is -0.377 e. The molecule has 0 aromatic heterocycles. The lowest BCUT2D eigenvalue weighted by molar-refractivity contribution is -0.384. The summed E-state index contributed by atoms with van der Waals surface area (Å²) in [4.78, 5) is 22.7. The third-order valence-electron chi connectivity index (χ3n) is 4.04. The van der Waals surface area contributed by atoms with Crippen LogP contribution in [0.15, 0.2) is 18.2 Å². The molecule has 1 amide bonds. The van der Waals surface area contributed by atoms with Crippen molar-refractivity contribution in [2.75, 3.05) is 5.32 Å². The summed E-state index contributed by atoms with van der Waals surface area (Å²) in [7, 11) is 0. The summed E-state index contributed by atoms with van der Waals surface area (Å²) in [5.41, 5.74) is 0.464. The zero-order valence-corrected chi connectivity index (χ0v) is 14.1. The van der Waals surface area contributed by atoms with Crippen LogP contribution < -0.4 is 10.6 Å². The van der Waals surface area contributed by atoms with E-state index in [9.17, 15) is 14.9 Å². The van der Waals surface area contributed by atoms with E-state index in [1.54, 1.807) is 6.07 Å². The van der Waals surface area contributed by atoms with Crippen LogP contribution in [0.5, 0.6) is 0 Å². The van der Waals surface area contributed by atoms with Gasteiger partial charge in [-0.25, -0.2) is 0 Å². The Bertz CT molecular complexity index is 584. The molecule has 23 heavy (non-hydrogen) atoms. The molecule has 2 rings (SSSR count). The number of amides is 1. The average molecular weight is 340 g/mol. The molecule has 1 aliphatic rings. The number of carbonyl (C=O) groups excluding carboxylic acids is 1. The number of nitro groups is 1. The van der Waals surface area contributed by atoms with Crippen LogP contribution in [0, 0.1) is 16.0 Å². The minimum absolute atomic E-state index is 0.0223. The Kier molecular flexibility index (Phi) is 5.82. The number of nitro benzene ring substituents is 1. The first-order valence-corrected chi connectivity index (χ1v) is 8.25. The van der Waals surface area contributed by atoms with Crippen LogP contribution in [-0.4, -0.2) is 22.9 Å². The Labute approximate surface area is 140 Å². The summed E-state index contributed by atoms with van der Waals surface area (Å²) < 4.78 is 0. The largest absolute Gasteiger partial charge is 0.377 e. The van der Waals surface area contributed by atoms with Crippen molar-refractivity contribution in [3.63, 3.8) is 0 Å². The first-order chi connectivity index (χ1) is 10.9. The number of halogens is 1. The van der Waals surface area contributed by atoms with Gasteiger partial charge in [0.15, 0.2) is 0 Å². The molecule has 2 N–H and O–H groups in total. The van der Waals surface area contributed by atoms with Crippen LogP contribution in [0.25, 0.3) is 0 Å². The van der Waals surface area contributed by atoms with E-state index in [4.69, 9.17) is 11.6 Å². The number of hydrogen-bond acceptors (Lipinski definition) is 4. The molecule has 1 aromatic rings. The van der Waals surface area contributed by atoms with Crippen molar-refractivity contribution >= 4 is 28.9 Å². The lowest BCUT2D eigenvalue weighted by Crippen LogP contribution is -2.38. The molecule has 0 heterocycles. The summed E-state index contributed by atoms with van der Waals surface area (Å²) in [6.07, 6.45) is 3.18. The highest BCUT2D eigenvalue weighted by molar-refractivity contribution is 6.31. The second-order valence-corrected chi connectivity index (χ2v) is 6.71. The van der Waals surface area contributed by atoms with Crippen LogP contribution in [-0.2, 0) is 4.79 Å². The topological polar surface area (TPSA) is 84.3 Å². The minimum atomic E-state index is -0.416. The molecule has 0 saturated heterocycles. The third-order valence-corrected chi connectivity index (χ3v) is 4.28. The first-order valence-electron chi connectivity index (χ1n) is 7.87. The highest BCUT2D eigenvalue weighted by atomic mass is 35.5.